The summed E-state index contributed by atoms with van der Waals surface area (Å²) in [5, 5.41) is 3.03. The summed E-state index contributed by atoms with van der Waals surface area (Å²) in [6.45, 7) is 5.34. The number of fused-ring (bicyclic) bond motifs is 2. The molecule has 0 radical (unpaired) electrons. The molecule has 0 aliphatic heterocycles. The third-order valence-corrected chi connectivity index (χ3v) is 5.70. The smallest absolute Gasteiger partial charge is 0.257 e. The van der Waals surface area contributed by atoms with E-state index in [0.717, 1.165) is 35.3 Å². The molecule has 172 valence electrons. The number of nitrogen functional groups attached to an aromatic ring is 1. The number of hydrogen-bond acceptors (Lipinski definition) is 5. The zero-order chi connectivity index (χ0) is 23.2. The molecule has 4 aromatic rings. The number of unbranched alkanes of at least 4 members (excludes halogenated alkanes) is 4. The van der Waals surface area contributed by atoms with Crippen molar-refractivity contribution in [3.63, 3.8) is 0 Å². The molecule has 4 rings (SSSR count). The van der Waals surface area contributed by atoms with Crippen LogP contribution in [-0.2, 0) is 0 Å². The van der Waals surface area contributed by atoms with Gasteiger partial charge in [-0.1, -0.05) is 44.7 Å². The Labute approximate surface area is 194 Å². The largest absolute Gasteiger partial charge is 0.494 e. The van der Waals surface area contributed by atoms with Crippen LogP contribution in [0.4, 0.5) is 5.82 Å². The zero-order valence-corrected chi connectivity index (χ0v) is 19.3. The summed E-state index contributed by atoms with van der Waals surface area (Å²) in [6.07, 6.45) is 5.64. The van der Waals surface area contributed by atoms with Crippen LogP contribution in [0.15, 0.2) is 48.5 Å². The number of nitrogens with zero attached hydrogens (tertiary/aromatic N) is 3. The molecule has 7 heteroatoms. The number of para-hydroxylation sites is 2. The van der Waals surface area contributed by atoms with Crippen molar-refractivity contribution in [1.82, 2.24) is 19.9 Å². The van der Waals surface area contributed by atoms with E-state index in [1.54, 1.807) is 4.57 Å². The lowest BCUT2D eigenvalue weighted by Crippen LogP contribution is -2.25. The fraction of sp³-hybridized carbons (Fsp3) is 0.346. The molecule has 0 fully saturated rings. The van der Waals surface area contributed by atoms with Gasteiger partial charge in [0.1, 0.15) is 22.6 Å². The quantitative estimate of drug-likeness (QED) is 0.325. The van der Waals surface area contributed by atoms with Crippen molar-refractivity contribution in [2.75, 3.05) is 18.9 Å². The van der Waals surface area contributed by atoms with E-state index >= 15 is 0 Å². The topological polar surface area (TPSA) is 95.1 Å². The maximum Gasteiger partial charge on any atom is 0.257 e. The van der Waals surface area contributed by atoms with Gasteiger partial charge >= 0.3 is 0 Å². The minimum atomic E-state index is -0.220. The number of hydrogen-bond donors (Lipinski definition) is 2. The second-order valence-electron chi connectivity index (χ2n) is 8.08. The number of amides is 1. The number of carbonyl (C=O) groups is 1. The Hall–Kier alpha value is -3.61. The lowest BCUT2D eigenvalue weighted by atomic mass is 10.1. The first-order valence-electron chi connectivity index (χ1n) is 11.7. The van der Waals surface area contributed by atoms with E-state index in [9.17, 15) is 4.79 Å². The molecule has 0 saturated carbocycles. The number of nitrogens with one attached hydrogen (secondary N) is 1. The fourth-order valence-electron chi connectivity index (χ4n) is 4.02. The molecule has 0 atom stereocenters. The van der Waals surface area contributed by atoms with Crippen molar-refractivity contribution in [2.24, 2.45) is 0 Å². The maximum absolute atomic E-state index is 13.2. The average molecular weight is 446 g/mol. The molecule has 0 aliphatic carbocycles. The van der Waals surface area contributed by atoms with Gasteiger partial charge in [0.15, 0.2) is 5.65 Å². The third-order valence-electron chi connectivity index (χ3n) is 5.70. The highest BCUT2D eigenvalue weighted by Gasteiger charge is 2.24. The van der Waals surface area contributed by atoms with Crippen LogP contribution in [0.5, 0.6) is 5.75 Å². The van der Waals surface area contributed by atoms with Gasteiger partial charge < -0.3 is 15.8 Å². The van der Waals surface area contributed by atoms with E-state index in [1.165, 1.54) is 19.3 Å². The van der Waals surface area contributed by atoms with Crippen molar-refractivity contribution < 1.29 is 9.53 Å². The predicted octanol–water partition coefficient (Wildman–Crippen LogP) is 5.25. The van der Waals surface area contributed by atoms with Gasteiger partial charge in [-0.05, 0) is 49.7 Å². The Morgan fingerprint density at radius 3 is 2.36 bits per heavy atom. The molecule has 0 saturated heterocycles. The Morgan fingerprint density at radius 1 is 0.970 bits per heavy atom. The van der Waals surface area contributed by atoms with Crippen LogP contribution in [0.3, 0.4) is 0 Å². The summed E-state index contributed by atoms with van der Waals surface area (Å²) in [4.78, 5) is 22.8. The van der Waals surface area contributed by atoms with Gasteiger partial charge in [0.05, 0.1) is 17.6 Å². The minimum absolute atomic E-state index is 0.220. The summed E-state index contributed by atoms with van der Waals surface area (Å²) in [5.74, 6) is 0.879. The predicted molar refractivity (Wildman–Crippen MR) is 133 cm³/mol. The second kappa shape index (κ2) is 10.3. The van der Waals surface area contributed by atoms with Gasteiger partial charge in [-0.3, -0.25) is 9.36 Å². The number of aromatic nitrogens is 3. The van der Waals surface area contributed by atoms with Gasteiger partial charge in [0, 0.05) is 12.2 Å². The molecule has 1 amide bonds. The summed E-state index contributed by atoms with van der Waals surface area (Å²) in [7, 11) is 0. The first kappa shape index (κ1) is 22.6. The fourth-order valence-corrected chi connectivity index (χ4v) is 4.02. The Morgan fingerprint density at radius 2 is 1.67 bits per heavy atom. The Kier molecular flexibility index (Phi) is 7.07. The number of rotatable bonds is 10. The Bertz CT molecular complexity index is 1250. The number of carbonyl (C=O) groups excluding carboxylic acids is 1. The molecule has 2 aromatic carbocycles. The van der Waals surface area contributed by atoms with Crippen LogP contribution in [0, 0.1) is 0 Å². The molecule has 3 N–H and O–H groups in total. The highest BCUT2D eigenvalue weighted by Crippen LogP contribution is 2.31. The van der Waals surface area contributed by atoms with Crippen LogP contribution >= 0.6 is 0 Å². The summed E-state index contributed by atoms with van der Waals surface area (Å²) >= 11 is 0. The minimum Gasteiger partial charge on any atom is -0.494 e. The van der Waals surface area contributed by atoms with E-state index in [-0.39, 0.29) is 5.91 Å². The lowest BCUT2D eigenvalue weighted by molar-refractivity contribution is 0.0955. The van der Waals surface area contributed by atoms with Crippen molar-refractivity contribution in [1.29, 1.82) is 0 Å². The molecule has 2 heterocycles. The molecular weight excluding hydrogens is 414 g/mol. The van der Waals surface area contributed by atoms with Crippen LogP contribution in [0.25, 0.3) is 27.9 Å². The monoisotopic (exact) mass is 445 g/mol. The average Bonchev–Trinajstić information content (AvgIpc) is 3.11. The van der Waals surface area contributed by atoms with Crippen molar-refractivity contribution in [3.8, 4) is 11.4 Å². The molecule has 0 aliphatic rings. The number of benzene rings is 2. The van der Waals surface area contributed by atoms with E-state index < -0.39 is 0 Å². The van der Waals surface area contributed by atoms with Gasteiger partial charge in [0.2, 0.25) is 0 Å². The van der Waals surface area contributed by atoms with Gasteiger partial charge in [-0.15, -0.1) is 0 Å². The van der Waals surface area contributed by atoms with E-state index in [1.807, 2.05) is 55.5 Å². The molecule has 0 spiro atoms. The maximum atomic E-state index is 13.2. The second-order valence-corrected chi connectivity index (χ2v) is 8.08. The van der Waals surface area contributed by atoms with Gasteiger partial charge in [-0.2, -0.15) is 0 Å². The Balaban J connectivity index is 1.73. The SMILES string of the molecule is CCCCCCCNC(=O)c1c(N)n(-c2ccc(OCC)cc2)c2nc3ccccc3nc12. The summed E-state index contributed by atoms with van der Waals surface area (Å²) < 4.78 is 7.35. The highest BCUT2D eigenvalue weighted by atomic mass is 16.5. The first-order valence-corrected chi connectivity index (χ1v) is 11.7. The molecular formula is C26H31N5O2. The van der Waals surface area contributed by atoms with Crippen LogP contribution < -0.4 is 15.8 Å². The number of anilines is 1. The standard InChI is InChI=1S/C26H31N5O2/c1-3-5-6-7-10-17-28-26(32)22-23-25(30-21-12-9-8-11-20(21)29-23)31(24(22)27)18-13-15-19(16-14-18)33-4-2/h8-9,11-16H,3-7,10,17,27H2,1-2H3,(H,28,32). The van der Waals surface area contributed by atoms with Crippen LogP contribution in [0.1, 0.15) is 56.3 Å². The van der Waals surface area contributed by atoms with Gasteiger partial charge in [-0.25, -0.2) is 9.97 Å². The highest BCUT2D eigenvalue weighted by molar-refractivity contribution is 6.11. The van der Waals surface area contributed by atoms with Crippen molar-refractivity contribution in [2.45, 2.75) is 46.0 Å². The molecule has 0 unspecified atom stereocenters. The van der Waals surface area contributed by atoms with Crippen molar-refractivity contribution >= 4 is 33.9 Å². The summed E-state index contributed by atoms with van der Waals surface area (Å²) in [5.41, 5.74) is 10.3. The van der Waals surface area contributed by atoms with E-state index in [4.69, 9.17) is 20.4 Å². The van der Waals surface area contributed by atoms with Gasteiger partial charge in [0.25, 0.3) is 5.91 Å². The third kappa shape index (κ3) is 4.77. The number of ether oxygens (including phenoxy) is 1. The molecule has 7 nitrogen and oxygen atoms in total. The van der Waals surface area contributed by atoms with E-state index in [2.05, 4.69) is 12.2 Å². The molecule has 0 bridgehead atoms. The normalized spacial score (nSPS) is 11.2. The van der Waals surface area contributed by atoms with E-state index in [0.29, 0.717) is 35.7 Å². The zero-order valence-electron chi connectivity index (χ0n) is 19.3. The lowest BCUT2D eigenvalue weighted by Gasteiger charge is -2.10. The first-order chi connectivity index (χ1) is 16.1. The number of nitrogens with two attached hydrogens (primary N) is 1. The molecule has 33 heavy (non-hydrogen) atoms. The molecule has 2 aromatic heterocycles. The summed E-state index contributed by atoms with van der Waals surface area (Å²) in [6, 6.07) is 15.2. The van der Waals surface area contributed by atoms with Crippen LogP contribution in [-0.4, -0.2) is 33.6 Å². The van der Waals surface area contributed by atoms with Crippen LogP contribution in [0.2, 0.25) is 0 Å². The van der Waals surface area contributed by atoms with Crippen molar-refractivity contribution in [3.05, 3.63) is 54.1 Å².